The maximum atomic E-state index is 12.2. The third kappa shape index (κ3) is 5.64. The average Bonchev–Trinajstić information content (AvgIpc) is 3.11. The summed E-state index contributed by atoms with van der Waals surface area (Å²) in [5.74, 6) is -0.331. The molecule has 1 heterocycles. The summed E-state index contributed by atoms with van der Waals surface area (Å²) in [7, 11) is 0. The number of halogens is 2. The molecule has 0 bridgehead atoms. The van der Waals surface area contributed by atoms with Crippen LogP contribution in [0.3, 0.4) is 0 Å². The fraction of sp³-hybridized carbons (Fsp3) is 0.150. The van der Waals surface area contributed by atoms with Gasteiger partial charge in [-0.25, -0.2) is 4.98 Å². The van der Waals surface area contributed by atoms with Crippen LogP contribution >= 0.6 is 38.9 Å². The van der Waals surface area contributed by atoms with Crippen LogP contribution in [0, 0.1) is 6.92 Å². The van der Waals surface area contributed by atoms with E-state index in [0.29, 0.717) is 28.6 Å². The number of hydrogen-bond donors (Lipinski definition) is 2. The first-order valence-corrected chi connectivity index (χ1v) is 10.5. The van der Waals surface area contributed by atoms with Crippen molar-refractivity contribution in [2.75, 3.05) is 10.6 Å². The maximum absolute atomic E-state index is 12.2. The number of hydrogen-bond acceptors (Lipinski definition) is 4. The van der Waals surface area contributed by atoms with E-state index in [0.717, 1.165) is 21.4 Å². The van der Waals surface area contributed by atoms with E-state index in [-0.39, 0.29) is 11.8 Å². The van der Waals surface area contributed by atoms with Crippen molar-refractivity contribution < 1.29 is 9.59 Å². The second-order valence-electron chi connectivity index (χ2n) is 6.12. The molecule has 144 valence electrons. The highest BCUT2D eigenvalue weighted by molar-refractivity contribution is 9.10. The molecule has 5 nitrogen and oxygen atoms in total. The van der Waals surface area contributed by atoms with E-state index in [1.807, 2.05) is 30.5 Å². The topological polar surface area (TPSA) is 71.1 Å². The molecule has 0 aliphatic heterocycles. The fourth-order valence-corrected chi connectivity index (χ4v) is 3.55. The molecule has 0 radical (unpaired) electrons. The Kier molecular flexibility index (Phi) is 6.83. The summed E-state index contributed by atoms with van der Waals surface area (Å²) < 4.78 is 1.00. The number of anilines is 2. The minimum absolute atomic E-state index is 0.0820. The zero-order valence-electron chi connectivity index (χ0n) is 15.0. The van der Waals surface area contributed by atoms with Crippen molar-refractivity contribution in [2.24, 2.45) is 0 Å². The van der Waals surface area contributed by atoms with E-state index < -0.39 is 0 Å². The number of rotatable bonds is 6. The van der Waals surface area contributed by atoms with Gasteiger partial charge < -0.3 is 5.32 Å². The first-order valence-electron chi connectivity index (χ1n) is 8.48. The van der Waals surface area contributed by atoms with E-state index >= 15 is 0 Å². The van der Waals surface area contributed by atoms with E-state index in [1.54, 1.807) is 24.3 Å². The van der Waals surface area contributed by atoms with Crippen LogP contribution in [0.25, 0.3) is 0 Å². The lowest BCUT2D eigenvalue weighted by Crippen LogP contribution is -2.13. The first-order chi connectivity index (χ1) is 13.4. The van der Waals surface area contributed by atoms with Crippen LogP contribution in [0.15, 0.2) is 52.3 Å². The van der Waals surface area contributed by atoms with Gasteiger partial charge in [-0.2, -0.15) is 0 Å². The third-order valence-electron chi connectivity index (χ3n) is 3.93. The molecule has 2 aromatic carbocycles. The summed E-state index contributed by atoms with van der Waals surface area (Å²) in [5, 5.41) is 8.55. The van der Waals surface area contributed by atoms with Crippen LogP contribution in [0.5, 0.6) is 0 Å². The monoisotopic (exact) mass is 477 g/mol. The number of carbonyl (C=O) groups is 2. The third-order valence-corrected chi connectivity index (χ3v) is 5.88. The van der Waals surface area contributed by atoms with Gasteiger partial charge in [-0.05, 0) is 61.4 Å². The Labute approximate surface area is 180 Å². The van der Waals surface area contributed by atoms with Crippen LogP contribution in [-0.2, 0) is 11.2 Å². The summed E-state index contributed by atoms with van der Waals surface area (Å²) in [5.41, 5.74) is 3.09. The highest BCUT2D eigenvalue weighted by atomic mass is 79.9. The van der Waals surface area contributed by atoms with Gasteiger partial charge in [0.05, 0.1) is 5.69 Å². The van der Waals surface area contributed by atoms with Gasteiger partial charge >= 0.3 is 0 Å². The number of amides is 2. The lowest BCUT2D eigenvalue weighted by atomic mass is 10.2. The van der Waals surface area contributed by atoms with Crippen molar-refractivity contribution in [3.8, 4) is 0 Å². The number of nitrogens with zero attached hydrogens (tertiary/aromatic N) is 1. The largest absolute Gasteiger partial charge is 0.326 e. The Morgan fingerprint density at radius 1 is 1.14 bits per heavy atom. The van der Waals surface area contributed by atoms with Gasteiger partial charge in [0.1, 0.15) is 0 Å². The molecule has 8 heteroatoms. The van der Waals surface area contributed by atoms with E-state index in [1.165, 1.54) is 11.3 Å². The van der Waals surface area contributed by atoms with Crippen molar-refractivity contribution in [3.05, 3.63) is 74.2 Å². The Balaban J connectivity index is 1.51. The number of carbonyl (C=O) groups excluding carboxylic acids is 2. The molecule has 3 rings (SSSR count). The molecule has 2 N–H and O–H groups in total. The van der Waals surface area contributed by atoms with E-state index in [2.05, 4.69) is 31.5 Å². The van der Waals surface area contributed by atoms with Crippen LogP contribution in [0.4, 0.5) is 10.8 Å². The van der Waals surface area contributed by atoms with Gasteiger partial charge in [0.2, 0.25) is 5.91 Å². The predicted octanol–water partition coefficient (Wildman–Crippen LogP) is 5.69. The van der Waals surface area contributed by atoms with Gasteiger partial charge in [-0.3, -0.25) is 14.9 Å². The van der Waals surface area contributed by atoms with Crippen LogP contribution in [0.2, 0.25) is 5.02 Å². The van der Waals surface area contributed by atoms with Crippen LogP contribution in [-0.4, -0.2) is 16.8 Å². The second-order valence-corrected chi connectivity index (χ2v) is 8.27. The van der Waals surface area contributed by atoms with Gasteiger partial charge in [0.25, 0.3) is 5.91 Å². The van der Waals surface area contributed by atoms with Gasteiger partial charge in [-0.1, -0.05) is 27.5 Å². The zero-order chi connectivity index (χ0) is 20.1. The molecule has 2 amide bonds. The molecule has 28 heavy (non-hydrogen) atoms. The van der Waals surface area contributed by atoms with Crippen molar-refractivity contribution in [1.82, 2.24) is 4.98 Å². The summed E-state index contributed by atoms with van der Waals surface area (Å²) in [6.07, 6.45) is 0.804. The smallest absolute Gasteiger partial charge is 0.257 e. The Bertz CT molecular complexity index is 1000. The number of nitrogens with one attached hydrogen (secondary N) is 2. The van der Waals surface area contributed by atoms with Crippen LogP contribution in [0.1, 0.15) is 28.0 Å². The summed E-state index contributed by atoms with van der Waals surface area (Å²) in [6, 6.07) is 12.3. The molecule has 3 aromatic rings. The maximum Gasteiger partial charge on any atom is 0.257 e. The number of benzene rings is 2. The lowest BCUT2D eigenvalue weighted by molar-refractivity contribution is -0.116. The number of thiazole rings is 1. The van der Waals surface area contributed by atoms with E-state index in [4.69, 9.17) is 11.6 Å². The molecular formula is C20H17BrClN3O2S. The minimum Gasteiger partial charge on any atom is -0.326 e. The van der Waals surface area contributed by atoms with Crippen molar-refractivity contribution in [2.45, 2.75) is 19.8 Å². The standard InChI is InChI=1S/C20H17BrClN3O2S/c1-12-10-15(6-8-17(12)21)23-18(26)9-7-16-11-28-20(24-16)25-19(27)13-2-4-14(22)5-3-13/h2-6,8,10-11H,7,9H2,1H3,(H,23,26)(H,24,25,27). The molecular weight excluding hydrogens is 462 g/mol. The second kappa shape index (κ2) is 9.32. The molecule has 0 spiro atoms. The molecule has 0 unspecified atom stereocenters. The van der Waals surface area contributed by atoms with Crippen molar-refractivity contribution >= 4 is 61.5 Å². The first kappa shape index (κ1) is 20.5. The average molecular weight is 479 g/mol. The van der Waals surface area contributed by atoms with Crippen molar-refractivity contribution in [1.29, 1.82) is 0 Å². The molecule has 1 aromatic heterocycles. The molecule has 0 aliphatic rings. The summed E-state index contributed by atoms with van der Waals surface area (Å²) >= 11 is 10.6. The van der Waals surface area contributed by atoms with Gasteiger partial charge in [0, 0.05) is 32.5 Å². The number of aryl methyl sites for hydroxylation is 2. The molecule has 0 aliphatic carbocycles. The highest BCUT2D eigenvalue weighted by Gasteiger charge is 2.11. The van der Waals surface area contributed by atoms with Gasteiger partial charge in [0.15, 0.2) is 5.13 Å². The highest BCUT2D eigenvalue weighted by Crippen LogP contribution is 2.21. The quantitative estimate of drug-likeness (QED) is 0.478. The molecule has 0 fully saturated rings. The number of aromatic nitrogens is 1. The van der Waals surface area contributed by atoms with Crippen LogP contribution < -0.4 is 10.6 Å². The van der Waals surface area contributed by atoms with E-state index in [9.17, 15) is 9.59 Å². The Hall–Kier alpha value is -2.22. The van der Waals surface area contributed by atoms with Gasteiger partial charge in [-0.15, -0.1) is 11.3 Å². The molecule has 0 saturated carbocycles. The normalized spacial score (nSPS) is 10.5. The summed E-state index contributed by atoms with van der Waals surface area (Å²) in [6.45, 7) is 1.97. The predicted molar refractivity (Wildman–Crippen MR) is 117 cm³/mol. The Morgan fingerprint density at radius 3 is 2.61 bits per heavy atom. The van der Waals surface area contributed by atoms with Crippen molar-refractivity contribution in [3.63, 3.8) is 0 Å². The lowest BCUT2D eigenvalue weighted by Gasteiger charge is -2.06. The minimum atomic E-state index is -0.249. The molecule has 0 saturated heterocycles. The SMILES string of the molecule is Cc1cc(NC(=O)CCc2csc(NC(=O)c3ccc(Cl)cc3)n2)ccc1Br. The zero-order valence-corrected chi connectivity index (χ0v) is 18.1. The Morgan fingerprint density at radius 2 is 1.89 bits per heavy atom. The summed E-state index contributed by atoms with van der Waals surface area (Å²) in [4.78, 5) is 28.7. The molecule has 0 atom stereocenters. The fourth-order valence-electron chi connectivity index (χ4n) is 2.44.